The minimum Gasteiger partial charge on any atom is -0.367 e. The minimum atomic E-state index is 0.677. The van der Waals surface area contributed by atoms with Gasteiger partial charge in [-0.2, -0.15) is 0 Å². The lowest BCUT2D eigenvalue weighted by molar-refractivity contribution is 0.808. The van der Waals surface area contributed by atoms with Crippen LogP contribution in [0.5, 0.6) is 0 Å². The molecule has 1 N–H and O–H groups in total. The van der Waals surface area contributed by atoms with Crippen LogP contribution in [0.15, 0.2) is 66.7 Å². The van der Waals surface area contributed by atoms with E-state index in [9.17, 15) is 0 Å². The quantitative estimate of drug-likeness (QED) is 0.490. The number of rotatable bonds is 3. The van der Waals surface area contributed by atoms with Gasteiger partial charge < -0.3 is 9.88 Å². The fraction of sp³-hybridized carbons (Fsp3) is 0.0556. The van der Waals surface area contributed by atoms with Crippen molar-refractivity contribution in [3.8, 4) is 0 Å². The molecule has 0 aliphatic carbocycles. The number of hydrogen-bond donors (Lipinski definition) is 1. The van der Waals surface area contributed by atoms with E-state index in [1.165, 1.54) is 21.0 Å². The van der Waals surface area contributed by atoms with Crippen LogP contribution in [0.1, 0.15) is 0 Å². The summed E-state index contributed by atoms with van der Waals surface area (Å²) in [6.45, 7) is 0.677. The lowest BCUT2D eigenvalue weighted by Crippen LogP contribution is -2.07. The zero-order chi connectivity index (χ0) is 14.9. The molecular weight excluding hydrogens is 308 g/mol. The smallest absolute Gasteiger partial charge is 0.163 e. The second kappa shape index (κ2) is 5.55. The molecule has 0 bridgehead atoms. The summed E-state index contributed by atoms with van der Waals surface area (Å²) in [5.74, 6) is 0. The Morgan fingerprint density at radius 3 is 2.64 bits per heavy atom. The van der Waals surface area contributed by atoms with Crippen molar-refractivity contribution in [2.75, 3.05) is 5.32 Å². The molecule has 4 rings (SSSR count). The molecule has 3 aromatic carbocycles. The van der Waals surface area contributed by atoms with Gasteiger partial charge in [0.05, 0.1) is 16.9 Å². The van der Waals surface area contributed by atoms with E-state index < -0.39 is 0 Å². The molecule has 0 radical (unpaired) electrons. The van der Waals surface area contributed by atoms with Crippen LogP contribution in [0, 0.1) is 3.95 Å². The second-order valence-electron chi connectivity index (χ2n) is 5.13. The molecule has 0 unspecified atom stereocenters. The third kappa shape index (κ3) is 2.30. The van der Waals surface area contributed by atoms with E-state index in [1.54, 1.807) is 11.3 Å². The predicted octanol–water partition coefficient (Wildman–Crippen LogP) is 5.66. The lowest BCUT2D eigenvalue weighted by Gasteiger charge is -2.11. The first kappa shape index (κ1) is 13.5. The molecule has 2 nitrogen and oxygen atoms in total. The SMILES string of the molecule is S=c1sc2ccccc2n1CNc1cccc2ccccc12. The van der Waals surface area contributed by atoms with Gasteiger partial charge in [0.2, 0.25) is 0 Å². The van der Waals surface area contributed by atoms with Crippen LogP contribution < -0.4 is 5.32 Å². The van der Waals surface area contributed by atoms with Crippen LogP contribution in [0.4, 0.5) is 5.69 Å². The van der Waals surface area contributed by atoms with E-state index in [-0.39, 0.29) is 0 Å². The highest BCUT2D eigenvalue weighted by Crippen LogP contribution is 2.25. The highest BCUT2D eigenvalue weighted by Gasteiger charge is 2.05. The predicted molar refractivity (Wildman–Crippen MR) is 98.2 cm³/mol. The standard InChI is InChI=1S/C18H14N2S2/c21-18-20(16-10-3-4-11-17(16)22-18)12-19-15-9-5-7-13-6-1-2-8-14(13)15/h1-11,19H,12H2. The number of nitrogens with one attached hydrogen (secondary N) is 1. The Kier molecular flexibility index (Phi) is 3.41. The molecule has 0 spiro atoms. The molecule has 0 amide bonds. The van der Waals surface area contributed by atoms with Crippen molar-refractivity contribution >= 4 is 50.2 Å². The first-order valence-corrected chi connectivity index (χ1v) is 8.35. The largest absolute Gasteiger partial charge is 0.367 e. The molecule has 0 aliphatic heterocycles. The van der Waals surface area contributed by atoms with E-state index in [0.717, 1.165) is 9.64 Å². The van der Waals surface area contributed by atoms with E-state index in [4.69, 9.17) is 12.2 Å². The van der Waals surface area contributed by atoms with Gasteiger partial charge in [0.15, 0.2) is 3.95 Å². The summed E-state index contributed by atoms with van der Waals surface area (Å²) in [6.07, 6.45) is 0. The van der Waals surface area contributed by atoms with Crippen LogP contribution in [0.2, 0.25) is 0 Å². The highest BCUT2D eigenvalue weighted by atomic mass is 32.1. The monoisotopic (exact) mass is 322 g/mol. The Hall–Kier alpha value is -2.17. The maximum atomic E-state index is 5.51. The summed E-state index contributed by atoms with van der Waals surface area (Å²) >= 11 is 7.16. The third-order valence-electron chi connectivity index (χ3n) is 3.79. The normalized spacial score (nSPS) is 11.1. The molecular formula is C18H14N2S2. The molecule has 108 valence electrons. The van der Waals surface area contributed by atoms with Gasteiger partial charge in [-0.1, -0.05) is 48.5 Å². The average molecular weight is 322 g/mol. The van der Waals surface area contributed by atoms with E-state index in [0.29, 0.717) is 6.67 Å². The van der Waals surface area contributed by atoms with Crippen LogP contribution in [-0.2, 0) is 6.67 Å². The van der Waals surface area contributed by atoms with Crippen LogP contribution in [0.3, 0.4) is 0 Å². The molecule has 22 heavy (non-hydrogen) atoms. The molecule has 4 aromatic rings. The molecule has 0 fully saturated rings. The van der Waals surface area contributed by atoms with Gasteiger partial charge in [0, 0.05) is 11.1 Å². The van der Waals surface area contributed by atoms with Gasteiger partial charge in [-0.05, 0) is 35.8 Å². The summed E-state index contributed by atoms with van der Waals surface area (Å²) in [6, 6.07) is 23.1. The zero-order valence-corrected chi connectivity index (χ0v) is 13.5. The fourth-order valence-corrected chi connectivity index (χ4v) is 4.03. The van der Waals surface area contributed by atoms with Crippen LogP contribution >= 0.6 is 23.6 Å². The van der Waals surface area contributed by atoms with Crippen molar-refractivity contribution in [2.45, 2.75) is 6.67 Å². The van der Waals surface area contributed by atoms with Crippen molar-refractivity contribution in [1.29, 1.82) is 0 Å². The van der Waals surface area contributed by atoms with Crippen molar-refractivity contribution < 1.29 is 0 Å². The molecule has 1 aromatic heterocycles. The molecule has 0 atom stereocenters. The number of nitrogens with zero attached hydrogens (tertiary/aromatic N) is 1. The van der Waals surface area contributed by atoms with Gasteiger partial charge in [-0.25, -0.2) is 0 Å². The van der Waals surface area contributed by atoms with Gasteiger partial charge in [-0.15, -0.1) is 11.3 Å². The minimum absolute atomic E-state index is 0.677. The van der Waals surface area contributed by atoms with Crippen LogP contribution in [-0.4, -0.2) is 4.57 Å². The van der Waals surface area contributed by atoms with E-state index in [1.807, 2.05) is 0 Å². The number of hydrogen-bond acceptors (Lipinski definition) is 3. The Labute approximate surface area is 137 Å². The van der Waals surface area contributed by atoms with Gasteiger partial charge >= 0.3 is 0 Å². The molecule has 1 heterocycles. The maximum Gasteiger partial charge on any atom is 0.163 e. The topological polar surface area (TPSA) is 17.0 Å². The molecule has 0 saturated heterocycles. The average Bonchev–Trinajstić information content (AvgIpc) is 2.88. The number of benzene rings is 3. The van der Waals surface area contributed by atoms with Gasteiger partial charge in [0.25, 0.3) is 0 Å². The molecule has 4 heteroatoms. The van der Waals surface area contributed by atoms with Gasteiger partial charge in [-0.3, -0.25) is 0 Å². The van der Waals surface area contributed by atoms with Crippen molar-refractivity contribution in [3.63, 3.8) is 0 Å². The lowest BCUT2D eigenvalue weighted by atomic mass is 10.1. The van der Waals surface area contributed by atoms with E-state index >= 15 is 0 Å². The summed E-state index contributed by atoms with van der Waals surface area (Å²) in [5.41, 5.74) is 2.32. The van der Waals surface area contributed by atoms with Gasteiger partial charge in [0.1, 0.15) is 0 Å². The Morgan fingerprint density at radius 1 is 0.909 bits per heavy atom. The summed E-state index contributed by atoms with van der Waals surface area (Å²) in [4.78, 5) is 0. The Balaban J connectivity index is 1.72. The first-order valence-electron chi connectivity index (χ1n) is 7.13. The number of anilines is 1. The highest BCUT2D eigenvalue weighted by molar-refractivity contribution is 7.73. The van der Waals surface area contributed by atoms with E-state index in [2.05, 4.69) is 76.6 Å². The summed E-state index contributed by atoms with van der Waals surface area (Å²) in [7, 11) is 0. The number of fused-ring (bicyclic) bond motifs is 2. The maximum absolute atomic E-state index is 5.51. The third-order valence-corrected chi connectivity index (χ3v) is 5.22. The Bertz CT molecular complexity index is 1010. The first-order chi connectivity index (χ1) is 10.8. The van der Waals surface area contributed by atoms with Crippen molar-refractivity contribution in [3.05, 3.63) is 70.7 Å². The van der Waals surface area contributed by atoms with Crippen molar-refractivity contribution in [1.82, 2.24) is 4.57 Å². The summed E-state index contributed by atoms with van der Waals surface area (Å²) in [5, 5.41) is 6.00. The number of thiazole rings is 1. The van der Waals surface area contributed by atoms with Crippen LogP contribution in [0.25, 0.3) is 21.0 Å². The number of aromatic nitrogens is 1. The fourth-order valence-electron chi connectivity index (χ4n) is 2.71. The molecule has 0 saturated carbocycles. The summed E-state index contributed by atoms with van der Waals surface area (Å²) < 4.78 is 4.28. The van der Waals surface area contributed by atoms with Crippen molar-refractivity contribution in [2.24, 2.45) is 0 Å². The Morgan fingerprint density at radius 2 is 1.68 bits per heavy atom. The molecule has 0 aliphatic rings. The zero-order valence-electron chi connectivity index (χ0n) is 11.8. The number of para-hydroxylation sites is 1. The second-order valence-corrected chi connectivity index (χ2v) is 6.80.